The molecule has 106 valence electrons. The van der Waals surface area contributed by atoms with E-state index in [0.717, 1.165) is 6.07 Å². The lowest BCUT2D eigenvalue weighted by molar-refractivity contribution is -0.385. The van der Waals surface area contributed by atoms with Crippen LogP contribution in [0.15, 0.2) is 12.1 Å². The topological polar surface area (TPSA) is 119 Å². The lowest BCUT2D eigenvalue weighted by Crippen LogP contribution is -2.32. The van der Waals surface area contributed by atoms with E-state index in [1.54, 1.807) is 13.8 Å². The monoisotopic (exact) mass is 270 g/mol. The molecule has 0 unspecified atom stereocenters. The minimum atomic E-state index is -0.772. The maximum absolute atomic E-state index is 10.9. The van der Waals surface area contributed by atoms with Crippen LogP contribution >= 0.6 is 0 Å². The molecule has 0 aliphatic carbocycles. The largest absolute Gasteiger partial charge is 0.504 e. The van der Waals surface area contributed by atoms with E-state index in [4.69, 9.17) is 10.5 Å². The number of hydrogen-bond acceptors (Lipinski definition) is 6. The summed E-state index contributed by atoms with van der Waals surface area (Å²) in [6.07, 6.45) is 0. The molecule has 0 heterocycles. The third-order valence-corrected chi connectivity index (χ3v) is 3.10. The Morgan fingerprint density at radius 1 is 1.53 bits per heavy atom. The van der Waals surface area contributed by atoms with Gasteiger partial charge in [0.25, 0.3) is 5.69 Å². The van der Waals surface area contributed by atoms with Gasteiger partial charge in [0.2, 0.25) is 0 Å². The molecule has 1 aromatic carbocycles. The Bertz CT molecular complexity index is 487. The van der Waals surface area contributed by atoms with Crippen LogP contribution < -0.4 is 10.5 Å². The molecule has 0 saturated carbocycles. The molecule has 0 radical (unpaired) electrons. The van der Waals surface area contributed by atoms with Gasteiger partial charge in [0.1, 0.15) is 0 Å². The van der Waals surface area contributed by atoms with E-state index in [1.807, 2.05) is 0 Å². The highest BCUT2D eigenvalue weighted by Gasteiger charge is 2.31. The molecule has 0 aliphatic heterocycles. The Balaban J connectivity index is 3.41. The predicted molar refractivity (Wildman–Crippen MR) is 69.1 cm³/mol. The fourth-order valence-corrected chi connectivity index (χ4v) is 1.63. The summed E-state index contributed by atoms with van der Waals surface area (Å²) in [5, 5.41) is 30.2. The highest BCUT2D eigenvalue weighted by Crippen LogP contribution is 2.42. The van der Waals surface area contributed by atoms with Crippen LogP contribution in [0.3, 0.4) is 0 Å². The standard InChI is InChI=1S/C12H18N2O5/c1-12(2,6-15)11(13)8-4-7(14(17)18)5-9(19-3)10(8)16/h4-5,11,15-16H,6,13H2,1-3H3/t11-/m1/s1. The smallest absolute Gasteiger partial charge is 0.273 e. The molecular formula is C12H18N2O5. The molecule has 0 spiro atoms. The average Bonchev–Trinajstić information content (AvgIpc) is 2.37. The number of methoxy groups -OCH3 is 1. The molecule has 1 atom stereocenters. The second kappa shape index (κ2) is 5.41. The maximum Gasteiger partial charge on any atom is 0.273 e. The van der Waals surface area contributed by atoms with Crippen LogP contribution in [-0.4, -0.2) is 28.9 Å². The van der Waals surface area contributed by atoms with Crippen LogP contribution in [0.4, 0.5) is 5.69 Å². The number of aliphatic hydroxyl groups is 1. The maximum atomic E-state index is 10.9. The number of aromatic hydroxyl groups is 1. The third kappa shape index (κ3) is 2.94. The summed E-state index contributed by atoms with van der Waals surface area (Å²) < 4.78 is 4.90. The summed E-state index contributed by atoms with van der Waals surface area (Å²) in [6, 6.07) is 1.54. The first-order valence-electron chi connectivity index (χ1n) is 5.66. The number of benzene rings is 1. The number of ether oxygens (including phenoxy) is 1. The van der Waals surface area contributed by atoms with E-state index in [1.165, 1.54) is 13.2 Å². The number of nitro groups is 1. The minimum Gasteiger partial charge on any atom is -0.504 e. The van der Waals surface area contributed by atoms with Gasteiger partial charge in [-0.1, -0.05) is 13.8 Å². The van der Waals surface area contributed by atoms with Gasteiger partial charge in [-0.15, -0.1) is 0 Å². The van der Waals surface area contributed by atoms with Gasteiger partial charge in [-0.05, 0) is 0 Å². The molecule has 19 heavy (non-hydrogen) atoms. The van der Waals surface area contributed by atoms with E-state index in [-0.39, 0.29) is 29.4 Å². The third-order valence-electron chi connectivity index (χ3n) is 3.10. The summed E-state index contributed by atoms with van der Waals surface area (Å²) in [5.74, 6) is -0.268. The first kappa shape index (κ1) is 15.2. The highest BCUT2D eigenvalue weighted by molar-refractivity contribution is 5.55. The number of hydrogen-bond donors (Lipinski definition) is 3. The highest BCUT2D eigenvalue weighted by atomic mass is 16.6. The lowest BCUT2D eigenvalue weighted by atomic mass is 9.81. The first-order chi connectivity index (χ1) is 8.74. The Hall–Kier alpha value is -1.86. The van der Waals surface area contributed by atoms with E-state index in [0.29, 0.717) is 0 Å². The first-order valence-corrected chi connectivity index (χ1v) is 5.66. The molecule has 0 aliphatic rings. The van der Waals surface area contributed by atoms with E-state index in [2.05, 4.69) is 0 Å². The second-order valence-electron chi connectivity index (χ2n) is 4.97. The lowest BCUT2D eigenvalue weighted by Gasteiger charge is -2.30. The quantitative estimate of drug-likeness (QED) is 0.548. The van der Waals surface area contributed by atoms with Crippen LogP contribution in [0.5, 0.6) is 11.5 Å². The van der Waals surface area contributed by atoms with Crippen molar-refractivity contribution >= 4 is 5.69 Å². The SMILES string of the molecule is COc1cc([N+](=O)[O-])cc([C@@H](N)C(C)(C)CO)c1O. The summed E-state index contributed by atoms with van der Waals surface area (Å²) in [7, 11) is 1.30. The number of rotatable bonds is 5. The summed E-state index contributed by atoms with van der Waals surface area (Å²) in [5.41, 5.74) is 5.18. The van der Waals surface area contributed by atoms with Crippen molar-refractivity contribution < 1.29 is 19.9 Å². The Morgan fingerprint density at radius 2 is 2.11 bits per heavy atom. The van der Waals surface area contributed by atoms with Crippen molar-refractivity contribution in [2.75, 3.05) is 13.7 Å². The van der Waals surface area contributed by atoms with Crippen molar-refractivity contribution in [3.05, 3.63) is 27.8 Å². The van der Waals surface area contributed by atoms with Crippen molar-refractivity contribution in [1.29, 1.82) is 0 Å². The van der Waals surface area contributed by atoms with Crippen LogP contribution in [0.25, 0.3) is 0 Å². The number of aliphatic hydroxyl groups excluding tert-OH is 1. The Kier molecular flexibility index (Phi) is 4.33. The number of non-ortho nitro benzene ring substituents is 1. The fraction of sp³-hybridized carbons (Fsp3) is 0.500. The van der Waals surface area contributed by atoms with E-state index < -0.39 is 16.4 Å². The molecular weight excluding hydrogens is 252 g/mol. The molecule has 0 saturated heterocycles. The minimum absolute atomic E-state index is 0.0200. The van der Waals surface area contributed by atoms with Crippen LogP contribution in [0.2, 0.25) is 0 Å². The van der Waals surface area contributed by atoms with Gasteiger partial charge in [0.15, 0.2) is 11.5 Å². The number of nitro benzene ring substituents is 1. The van der Waals surface area contributed by atoms with Gasteiger partial charge in [-0.3, -0.25) is 10.1 Å². The van der Waals surface area contributed by atoms with Gasteiger partial charge < -0.3 is 20.7 Å². The normalized spacial score (nSPS) is 13.1. The van der Waals surface area contributed by atoms with Crippen molar-refractivity contribution in [3.63, 3.8) is 0 Å². The fourth-order valence-electron chi connectivity index (χ4n) is 1.63. The van der Waals surface area contributed by atoms with Crippen LogP contribution in [0, 0.1) is 15.5 Å². The van der Waals surface area contributed by atoms with Gasteiger partial charge >= 0.3 is 0 Å². The Morgan fingerprint density at radius 3 is 2.53 bits per heavy atom. The van der Waals surface area contributed by atoms with Crippen molar-refractivity contribution in [2.24, 2.45) is 11.1 Å². The zero-order chi connectivity index (χ0) is 14.8. The van der Waals surface area contributed by atoms with Crippen molar-refractivity contribution in [1.82, 2.24) is 0 Å². The molecule has 0 aromatic heterocycles. The summed E-state index contributed by atoms with van der Waals surface area (Å²) in [6.45, 7) is 3.17. The average molecular weight is 270 g/mol. The number of nitrogens with two attached hydrogens (primary N) is 1. The molecule has 0 bridgehead atoms. The molecule has 4 N–H and O–H groups in total. The number of nitrogens with zero attached hydrogens (tertiary/aromatic N) is 1. The molecule has 7 heteroatoms. The summed E-state index contributed by atoms with van der Waals surface area (Å²) in [4.78, 5) is 10.3. The molecule has 0 fully saturated rings. The van der Waals surface area contributed by atoms with E-state index >= 15 is 0 Å². The van der Waals surface area contributed by atoms with Crippen molar-refractivity contribution in [3.8, 4) is 11.5 Å². The molecule has 0 amide bonds. The van der Waals surface area contributed by atoms with Crippen LogP contribution in [0.1, 0.15) is 25.5 Å². The summed E-state index contributed by atoms with van der Waals surface area (Å²) >= 11 is 0. The van der Waals surface area contributed by atoms with Gasteiger partial charge in [-0.25, -0.2) is 0 Å². The molecule has 7 nitrogen and oxygen atoms in total. The van der Waals surface area contributed by atoms with Crippen LogP contribution in [-0.2, 0) is 0 Å². The van der Waals surface area contributed by atoms with Gasteiger partial charge in [-0.2, -0.15) is 0 Å². The Labute approximate surface area is 110 Å². The predicted octanol–water partition coefficient (Wildman–Crippen LogP) is 1.33. The second-order valence-corrected chi connectivity index (χ2v) is 4.97. The molecule has 1 rings (SSSR count). The van der Waals surface area contributed by atoms with Crippen molar-refractivity contribution in [2.45, 2.75) is 19.9 Å². The number of phenols is 1. The van der Waals surface area contributed by atoms with Gasteiger partial charge in [0.05, 0.1) is 18.1 Å². The number of phenolic OH excluding ortho intramolecular Hbond substituents is 1. The van der Waals surface area contributed by atoms with E-state index in [9.17, 15) is 20.3 Å². The zero-order valence-electron chi connectivity index (χ0n) is 11.1. The molecule has 1 aromatic rings. The van der Waals surface area contributed by atoms with Gasteiger partial charge in [0, 0.05) is 29.7 Å². The zero-order valence-corrected chi connectivity index (χ0v) is 11.1.